The number of rotatable bonds is 2. The Kier molecular flexibility index (Phi) is 4.47. The van der Waals surface area contributed by atoms with E-state index in [1.165, 1.54) is 17.8 Å². The van der Waals surface area contributed by atoms with Gasteiger partial charge in [-0.25, -0.2) is 4.99 Å². The van der Waals surface area contributed by atoms with Gasteiger partial charge in [0.15, 0.2) is 11.4 Å². The zero-order valence-electron chi connectivity index (χ0n) is 10.9. The minimum absolute atomic E-state index is 0.143. The summed E-state index contributed by atoms with van der Waals surface area (Å²) >= 11 is 1.28. The van der Waals surface area contributed by atoms with Crippen LogP contribution in [0, 0.1) is 11.5 Å². The highest BCUT2D eigenvalue weighted by Gasteiger charge is 2.13. The Balaban J connectivity index is 2.57. The van der Waals surface area contributed by atoms with Crippen LogP contribution in [0.5, 0.6) is 0 Å². The van der Waals surface area contributed by atoms with E-state index in [-0.39, 0.29) is 4.90 Å². The van der Waals surface area contributed by atoms with Gasteiger partial charge in [-0.3, -0.25) is 9.87 Å². The summed E-state index contributed by atoms with van der Waals surface area (Å²) in [6.45, 7) is 0. The lowest BCUT2D eigenvalue weighted by Crippen LogP contribution is -2.12. The van der Waals surface area contributed by atoms with E-state index < -0.39 is 10.1 Å². The highest BCUT2D eigenvalue weighted by atomic mass is 32.2. The van der Waals surface area contributed by atoms with E-state index >= 15 is 0 Å². The first-order valence-electron chi connectivity index (χ1n) is 5.74. The van der Waals surface area contributed by atoms with Crippen molar-refractivity contribution < 1.29 is 13.0 Å². The van der Waals surface area contributed by atoms with Crippen LogP contribution in [0.2, 0.25) is 0 Å². The molecule has 0 aliphatic rings. The average Bonchev–Trinajstić information content (AvgIpc) is 2.45. The first kappa shape index (κ1) is 15.3. The number of amidine groups is 1. The van der Waals surface area contributed by atoms with Crippen LogP contribution in [0.25, 0.3) is 10.8 Å². The molecule has 8 heteroatoms. The standard InChI is InChI=1S/C13H11N3O3S2/c1-20-13(15-8-14)16-10-5-6-11-9(7-10)3-2-4-12(11)21(17,18)19/h2-7H,1H3,(H,15,16)(H,17,18,19). The van der Waals surface area contributed by atoms with Gasteiger partial charge in [-0.2, -0.15) is 13.7 Å². The van der Waals surface area contributed by atoms with Gasteiger partial charge in [0.2, 0.25) is 0 Å². The highest BCUT2D eigenvalue weighted by Crippen LogP contribution is 2.27. The Labute approximate surface area is 126 Å². The van der Waals surface area contributed by atoms with E-state index in [9.17, 15) is 13.0 Å². The van der Waals surface area contributed by atoms with Crippen molar-refractivity contribution in [3.8, 4) is 6.19 Å². The highest BCUT2D eigenvalue weighted by molar-refractivity contribution is 8.13. The van der Waals surface area contributed by atoms with E-state index in [4.69, 9.17) is 5.26 Å². The van der Waals surface area contributed by atoms with Gasteiger partial charge in [0.1, 0.15) is 4.90 Å². The number of hydrogen-bond donors (Lipinski definition) is 2. The van der Waals surface area contributed by atoms with Gasteiger partial charge in [0.25, 0.3) is 10.1 Å². The molecule has 21 heavy (non-hydrogen) atoms. The minimum Gasteiger partial charge on any atom is -0.282 e. The molecule has 2 aromatic rings. The Bertz CT molecular complexity index is 855. The maximum Gasteiger partial charge on any atom is 0.295 e. The van der Waals surface area contributed by atoms with Crippen LogP contribution in [0.3, 0.4) is 0 Å². The van der Waals surface area contributed by atoms with Gasteiger partial charge in [0.05, 0.1) is 5.69 Å². The van der Waals surface area contributed by atoms with Gasteiger partial charge < -0.3 is 0 Å². The third-order valence-corrected chi connectivity index (χ3v) is 4.18. The predicted molar refractivity (Wildman–Crippen MR) is 83.1 cm³/mol. The molecule has 0 fully saturated rings. The summed E-state index contributed by atoms with van der Waals surface area (Å²) in [6.07, 6.45) is 3.57. The van der Waals surface area contributed by atoms with Crippen LogP contribution >= 0.6 is 11.8 Å². The molecule has 0 radical (unpaired) electrons. The number of hydrogen-bond acceptors (Lipinski definition) is 5. The molecule has 0 aliphatic heterocycles. The Morgan fingerprint density at radius 1 is 1.38 bits per heavy atom. The summed E-state index contributed by atoms with van der Waals surface area (Å²) in [5.41, 5.74) is 0.571. The normalized spacial score (nSPS) is 12.1. The van der Waals surface area contributed by atoms with Crippen LogP contribution < -0.4 is 5.32 Å². The van der Waals surface area contributed by atoms with Crippen LogP contribution in [-0.2, 0) is 10.1 Å². The van der Waals surface area contributed by atoms with Gasteiger partial charge in [-0.05, 0) is 29.8 Å². The van der Waals surface area contributed by atoms with Gasteiger partial charge in [-0.15, -0.1) is 0 Å². The summed E-state index contributed by atoms with van der Waals surface area (Å²) < 4.78 is 31.8. The Hall–Kier alpha value is -2.08. The molecule has 0 spiro atoms. The molecule has 2 rings (SSSR count). The van der Waals surface area contributed by atoms with Crippen molar-refractivity contribution >= 4 is 43.5 Å². The fourth-order valence-electron chi connectivity index (χ4n) is 1.83. The summed E-state index contributed by atoms with van der Waals surface area (Å²) in [6, 6.07) is 9.47. The van der Waals surface area contributed by atoms with Crippen molar-refractivity contribution in [3.63, 3.8) is 0 Å². The number of thioether (sulfide) groups is 1. The number of benzene rings is 2. The van der Waals surface area contributed by atoms with E-state index in [1.807, 2.05) is 0 Å². The van der Waals surface area contributed by atoms with Crippen molar-refractivity contribution in [1.29, 1.82) is 5.26 Å². The summed E-state index contributed by atoms with van der Waals surface area (Å²) in [5, 5.41) is 12.5. The van der Waals surface area contributed by atoms with Crippen molar-refractivity contribution in [1.82, 2.24) is 5.32 Å². The molecular weight excluding hydrogens is 310 g/mol. The van der Waals surface area contributed by atoms with Crippen LogP contribution in [0.15, 0.2) is 46.3 Å². The summed E-state index contributed by atoms with van der Waals surface area (Å²) in [4.78, 5) is 4.10. The molecular formula is C13H11N3O3S2. The topological polar surface area (TPSA) is 103 Å². The van der Waals surface area contributed by atoms with E-state index in [0.717, 1.165) is 0 Å². The molecule has 108 valence electrons. The largest absolute Gasteiger partial charge is 0.295 e. The number of aliphatic imine (C=N–C) groups is 1. The van der Waals surface area contributed by atoms with Crippen molar-refractivity contribution in [2.45, 2.75) is 4.90 Å². The maximum absolute atomic E-state index is 11.3. The lowest BCUT2D eigenvalue weighted by Gasteiger charge is -2.05. The van der Waals surface area contributed by atoms with E-state index in [1.54, 1.807) is 42.8 Å². The Morgan fingerprint density at radius 2 is 2.14 bits per heavy atom. The first-order chi connectivity index (χ1) is 9.95. The second kappa shape index (κ2) is 6.13. The molecule has 2 aromatic carbocycles. The SMILES string of the molecule is CSC(=Nc1ccc2c(S(=O)(=O)O)cccc2c1)NC#N. The molecule has 2 N–H and O–H groups in total. The second-order valence-electron chi connectivity index (χ2n) is 3.99. The molecule has 0 saturated carbocycles. The third kappa shape index (κ3) is 3.52. The van der Waals surface area contributed by atoms with Crippen LogP contribution in [-0.4, -0.2) is 24.4 Å². The quantitative estimate of drug-likeness (QED) is 0.290. The minimum atomic E-state index is -4.27. The number of nitrogens with one attached hydrogen (secondary N) is 1. The number of nitriles is 1. The van der Waals surface area contributed by atoms with Gasteiger partial charge in [0, 0.05) is 5.39 Å². The van der Waals surface area contributed by atoms with E-state index in [2.05, 4.69) is 10.3 Å². The first-order valence-corrected chi connectivity index (χ1v) is 8.40. The summed E-state index contributed by atoms with van der Waals surface area (Å²) in [5.74, 6) is 0. The molecule has 6 nitrogen and oxygen atoms in total. The zero-order valence-corrected chi connectivity index (χ0v) is 12.6. The Morgan fingerprint density at radius 3 is 2.76 bits per heavy atom. The molecule has 0 unspecified atom stereocenters. The van der Waals surface area contributed by atoms with Crippen molar-refractivity contribution in [2.24, 2.45) is 4.99 Å². The molecule has 0 amide bonds. The van der Waals surface area contributed by atoms with Gasteiger partial charge in [-0.1, -0.05) is 30.0 Å². The second-order valence-corrected chi connectivity index (χ2v) is 6.18. The van der Waals surface area contributed by atoms with Gasteiger partial charge >= 0.3 is 0 Å². The zero-order chi connectivity index (χ0) is 15.5. The predicted octanol–water partition coefficient (Wildman–Crippen LogP) is 2.51. The van der Waals surface area contributed by atoms with Crippen LogP contribution in [0.1, 0.15) is 0 Å². The van der Waals surface area contributed by atoms with E-state index in [0.29, 0.717) is 21.6 Å². The molecule has 0 bridgehead atoms. The number of fused-ring (bicyclic) bond motifs is 1. The molecule has 0 heterocycles. The molecule has 0 saturated heterocycles. The number of nitrogens with zero attached hydrogens (tertiary/aromatic N) is 2. The smallest absolute Gasteiger partial charge is 0.282 e. The monoisotopic (exact) mass is 321 g/mol. The summed E-state index contributed by atoms with van der Waals surface area (Å²) in [7, 11) is -4.27. The average molecular weight is 321 g/mol. The van der Waals surface area contributed by atoms with Crippen molar-refractivity contribution in [3.05, 3.63) is 36.4 Å². The molecule has 0 atom stereocenters. The van der Waals surface area contributed by atoms with Crippen LogP contribution in [0.4, 0.5) is 5.69 Å². The fraction of sp³-hybridized carbons (Fsp3) is 0.0769. The lowest BCUT2D eigenvalue weighted by molar-refractivity contribution is 0.484. The third-order valence-electron chi connectivity index (χ3n) is 2.69. The lowest BCUT2D eigenvalue weighted by atomic mass is 10.1. The fourth-order valence-corrected chi connectivity index (χ4v) is 2.88. The molecule has 0 aromatic heterocycles. The maximum atomic E-state index is 11.3. The van der Waals surface area contributed by atoms with Crippen molar-refractivity contribution in [2.75, 3.05) is 6.26 Å². The molecule has 0 aliphatic carbocycles.